The molecule has 0 bridgehead atoms. The first-order chi connectivity index (χ1) is 12.1. The third-order valence-corrected chi connectivity index (χ3v) is 4.84. The minimum absolute atomic E-state index is 0.0820. The highest BCUT2D eigenvalue weighted by atomic mass is 16.3. The summed E-state index contributed by atoms with van der Waals surface area (Å²) in [6.45, 7) is 4.22. The van der Waals surface area contributed by atoms with E-state index in [1.165, 1.54) is 5.69 Å². The van der Waals surface area contributed by atoms with Gasteiger partial charge in [0.25, 0.3) is 0 Å². The van der Waals surface area contributed by atoms with Gasteiger partial charge < -0.3 is 15.7 Å². The molecule has 1 aliphatic rings. The molecule has 2 heterocycles. The van der Waals surface area contributed by atoms with Crippen molar-refractivity contribution in [1.29, 1.82) is 0 Å². The summed E-state index contributed by atoms with van der Waals surface area (Å²) in [5.41, 5.74) is 8.64. The number of hydrogen-bond donors (Lipinski definition) is 2. The van der Waals surface area contributed by atoms with Crippen molar-refractivity contribution in [3.05, 3.63) is 47.0 Å². The normalized spacial score (nSPS) is 15.4. The van der Waals surface area contributed by atoms with Crippen LogP contribution in [0.2, 0.25) is 0 Å². The number of aryl methyl sites for hydroxylation is 1. The summed E-state index contributed by atoms with van der Waals surface area (Å²) in [5.74, 6) is 1.01. The fraction of sp³-hybridized carbons (Fsp3) is 0.421. The maximum atomic E-state index is 11.0. The van der Waals surface area contributed by atoms with Gasteiger partial charge >= 0.3 is 0 Å². The third kappa shape index (κ3) is 3.96. The topological polar surface area (TPSA) is 92.3 Å². The SMILES string of the molecule is Cc1nc(CC2CCN(c3cccc(CN)c3)CC2)nc(C=O)c1O. The molecular weight excluding hydrogens is 316 g/mol. The smallest absolute Gasteiger partial charge is 0.172 e. The van der Waals surface area contributed by atoms with Gasteiger partial charge in [-0.15, -0.1) is 0 Å². The van der Waals surface area contributed by atoms with E-state index in [9.17, 15) is 9.90 Å². The zero-order valence-corrected chi connectivity index (χ0v) is 14.5. The molecule has 3 rings (SSSR count). The second-order valence-electron chi connectivity index (χ2n) is 6.59. The van der Waals surface area contributed by atoms with E-state index >= 15 is 0 Å². The van der Waals surface area contributed by atoms with Crippen LogP contribution in [0.1, 0.15) is 40.4 Å². The Bertz CT molecular complexity index is 755. The molecule has 6 heteroatoms. The summed E-state index contributed by atoms with van der Waals surface area (Å²) in [5, 5.41) is 9.76. The van der Waals surface area contributed by atoms with E-state index in [0.717, 1.165) is 37.9 Å². The van der Waals surface area contributed by atoms with E-state index in [1.54, 1.807) is 6.92 Å². The largest absolute Gasteiger partial charge is 0.504 e. The quantitative estimate of drug-likeness (QED) is 0.811. The van der Waals surface area contributed by atoms with E-state index in [1.807, 2.05) is 6.07 Å². The van der Waals surface area contributed by atoms with Gasteiger partial charge in [-0.1, -0.05) is 12.1 Å². The van der Waals surface area contributed by atoms with Crippen molar-refractivity contribution in [1.82, 2.24) is 9.97 Å². The molecule has 1 aliphatic heterocycles. The molecule has 0 amide bonds. The fourth-order valence-electron chi connectivity index (χ4n) is 3.36. The summed E-state index contributed by atoms with van der Waals surface area (Å²) in [4.78, 5) is 21.9. The van der Waals surface area contributed by atoms with E-state index in [0.29, 0.717) is 30.3 Å². The zero-order chi connectivity index (χ0) is 17.8. The lowest BCUT2D eigenvalue weighted by Crippen LogP contribution is -2.34. The molecule has 6 nitrogen and oxygen atoms in total. The molecule has 1 saturated heterocycles. The summed E-state index contributed by atoms with van der Waals surface area (Å²) in [6.07, 6.45) is 3.41. The first-order valence-electron chi connectivity index (χ1n) is 8.66. The van der Waals surface area contributed by atoms with Crippen LogP contribution in [0.3, 0.4) is 0 Å². The van der Waals surface area contributed by atoms with Crippen molar-refractivity contribution in [3.8, 4) is 5.75 Å². The maximum absolute atomic E-state index is 11.0. The summed E-state index contributed by atoms with van der Waals surface area (Å²) in [6, 6.07) is 8.38. The van der Waals surface area contributed by atoms with E-state index in [2.05, 4.69) is 33.1 Å². The molecule has 0 saturated carbocycles. The van der Waals surface area contributed by atoms with Gasteiger partial charge in [0.15, 0.2) is 12.0 Å². The van der Waals surface area contributed by atoms with Crippen LogP contribution < -0.4 is 10.6 Å². The van der Waals surface area contributed by atoms with Crippen LogP contribution in [-0.4, -0.2) is 34.5 Å². The lowest BCUT2D eigenvalue weighted by atomic mass is 9.92. The minimum Gasteiger partial charge on any atom is -0.504 e. The predicted molar refractivity (Wildman–Crippen MR) is 96.8 cm³/mol. The number of anilines is 1. The molecule has 0 spiro atoms. The number of carbonyl (C=O) groups excluding carboxylic acids is 1. The lowest BCUT2D eigenvalue weighted by Gasteiger charge is -2.33. The minimum atomic E-state index is -0.117. The van der Waals surface area contributed by atoms with Crippen molar-refractivity contribution in [3.63, 3.8) is 0 Å². The van der Waals surface area contributed by atoms with Crippen LogP contribution in [0.15, 0.2) is 24.3 Å². The Morgan fingerprint density at radius 3 is 2.76 bits per heavy atom. The predicted octanol–water partition coefficient (Wildman–Crippen LogP) is 2.22. The van der Waals surface area contributed by atoms with Gasteiger partial charge in [-0.2, -0.15) is 0 Å². The van der Waals surface area contributed by atoms with E-state index in [4.69, 9.17) is 5.73 Å². The average Bonchev–Trinajstić information content (AvgIpc) is 2.65. The van der Waals surface area contributed by atoms with Gasteiger partial charge in [-0.05, 0) is 43.4 Å². The fourth-order valence-corrected chi connectivity index (χ4v) is 3.36. The molecule has 1 aromatic heterocycles. The second kappa shape index (κ2) is 7.61. The van der Waals surface area contributed by atoms with Gasteiger partial charge in [0.05, 0.1) is 5.69 Å². The number of aldehydes is 1. The highest BCUT2D eigenvalue weighted by molar-refractivity contribution is 5.76. The number of aromatic hydroxyl groups is 1. The van der Waals surface area contributed by atoms with Crippen LogP contribution in [-0.2, 0) is 13.0 Å². The number of benzene rings is 1. The molecule has 1 fully saturated rings. The molecular formula is C19H24N4O2. The molecule has 3 N–H and O–H groups in total. The van der Waals surface area contributed by atoms with E-state index < -0.39 is 0 Å². The molecule has 25 heavy (non-hydrogen) atoms. The van der Waals surface area contributed by atoms with Gasteiger partial charge in [0, 0.05) is 31.7 Å². The molecule has 2 aromatic rings. The summed E-state index contributed by atoms with van der Waals surface area (Å²) in [7, 11) is 0. The third-order valence-electron chi connectivity index (χ3n) is 4.84. The molecule has 0 atom stereocenters. The first kappa shape index (κ1) is 17.4. The Balaban J connectivity index is 1.63. The molecule has 1 aromatic carbocycles. The van der Waals surface area contributed by atoms with Crippen molar-refractivity contribution >= 4 is 12.0 Å². The van der Waals surface area contributed by atoms with Crippen LogP contribution in [0, 0.1) is 12.8 Å². The Labute approximate surface area is 147 Å². The number of hydrogen-bond acceptors (Lipinski definition) is 6. The molecule has 0 radical (unpaired) electrons. The highest BCUT2D eigenvalue weighted by Crippen LogP contribution is 2.26. The standard InChI is InChI=1S/C19H24N4O2/c1-13-19(25)17(12-24)22-18(21-13)10-14-5-7-23(8-6-14)16-4-2-3-15(9-16)11-20/h2-4,9,12,14,25H,5-8,10-11,20H2,1H3. The molecule has 132 valence electrons. The number of nitrogens with zero attached hydrogens (tertiary/aromatic N) is 3. The Morgan fingerprint density at radius 2 is 2.08 bits per heavy atom. The number of rotatable bonds is 5. The number of piperidine rings is 1. The Morgan fingerprint density at radius 1 is 1.32 bits per heavy atom. The van der Waals surface area contributed by atoms with Crippen LogP contribution in [0.25, 0.3) is 0 Å². The first-order valence-corrected chi connectivity index (χ1v) is 8.66. The van der Waals surface area contributed by atoms with Gasteiger partial charge in [0.2, 0.25) is 0 Å². The summed E-state index contributed by atoms with van der Waals surface area (Å²) < 4.78 is 0. The van der Waals surface area contributed by atoms with Crippen molar-refractivity contribution in [2.45, 2.75) is 32.7 Å². The second-order valence-corrected chi connectivity index (χ2v) is 6.59. The van der Waals surface area contributed by atoms with Crippen LogP contribution >= 0.6 is 0 Å². The van der Waals surface area contributed by atoms with Crippen molar-refractivity contribution < 1.29 is 9.90 Å². The van der Waals surface area contributed by atoms with Crippen LogP contribution in [0.5, 0.6) is 5.75 Å². The molecule has 0 unspecified atom stereocenters. The lowest BCUT2D eigenvalue weighted by molar-refractivity contribution is 0.111. The number of aromatic nitrogens is 2. The van der Waals surface area contributed by atoms with Gasteiger partial charge in [0.1, 0.15) is 11.5 Å². The zero-order valence-electron chi connectivity index (χ0n) is 14.5. The maximum Gasteiger partial charge on any atom is 0.172 e. The number of nitrogens with two attached hydrogens (primary N) is 1. The number of carbonyl (C=O) groups is 1. The highest BCUT2D eigenvalue weighted by Gasteiger charge is 2.21. The monoisotopic (exact) mass is 340 g/mol. The van der Waals surface area contributed by atoms with Crippen molar-refractivity contribution in [2.24, 2.45) is 11.7 Å². The Kier molecular flexibility index (Phi) is 5.28. The van der Waals surface area contributed by atoms with Crippen LogP contribution in [0.4, 0.5) is 5.69 Å². The van der Waals surface area contributed by atoms with Crippen molar-refractivity contribution in [2.75, 3.05) is 18.0 Å². The van der Waals surface area contributed by atoms with Gasteiger partial charge in [-0.25, -0.2) is 9.97 Å². The summed E-state index contributed by atoms with van der Waals surface area (Å²) >= 11 is 0. The van der Waals surface area contributed by atoms with Gasteiger partial charge in [-0.3, -0.25) is 4.79 Å². The van der Waals surface area contributed by atoms with E-state index in [-0.39, 0.29) is 11.4 Å². The average molecular weight is 340 g/mol. The Hall–Kier alpha value is -2.47. The molecule has 0 aliphatic carbocycles.